The van der Waals surface area contributed by atoms with Crippen LogP contribution in [0.5, 0.6) is 0 Å². The first-order chi connectivity index (χ1) is 11.8. The van der Waals surface area contributed by atoms with Gasteiger partial charge in [0.15, 0.2) is 0 Å². The fraction of sp³-hybridized carbons (Fsp3) is 0.333. The molecule has 1 amide bonds. The zero-order valence-corrected chi connectivity index (χ0v) is 15.2. The van der Waals surface area contributed by atoms with E-state index >= 15 is 0 Å². The fourth-order valence-electron chi connectivity index (χ4n) is 2.72. The molecule has 0 bridgehead atoms. The molecule has 4 heteroatoms. The Labute approximate surface area is 150 Å². The average molecular weight is 341 g/mol. The predicted molar refractivity (Wildman–Crippen MR) is 102 cm³/mol. The lowest BCUT2D eigenvalue weighted by atomic mass is 9.86. The van der Waals surface area contributed by atoms with Crippen molar-refractivity contribution in [3.05, 3.63) is 72.4 Å². The second-order valence-corrected chi connectivity index (χ2v) is 6.28. The van der Waals surface area contributed by atoms with Crippen LogP contribution in [0.3, 0.4) is 0 Å². The van der Waals surface area contributed by atoms with Gasteiger partial charge >= 0.3 is 5.97 Å². The minimum absolute atomic E-state index is 0.181. The molecule has 2 atom stereocenters. The Kier molecular flexibility index (Phi) is 7.37. The summed E-state index contributed by atoms with van der Waals surface area (Å²) in [6, 6.07) is -0.181. The molecule has 25 heavy (non-hydrogen) atoms. The number of hydrogen-bond donors (Lipinski definition) is 2. The van der Waals surface area contributed by atoms with Crippen LogP contribution >= 0.6 is 0 Å². The van der Waals surface area contributed by atoms with E-state index in [2.05, 4.69) is 18.5 Å². The van der Waals surface area contributed by atoms with E-state index in [1.807, 2.05) is 50.3 Å². The van der Waals surface area contributed by atoms with Crippen LogP contribution in [-0.4, -0.2) is 23.0 Å². The monoisotopic (exact) mass is 341 g/mol. The molecule has 0 saturated carbocycles. The number of carbonyl (C=O) groups is 2. The molecule has 4 nitrogen and oxygen atoms in total. The Morgan fingerprint density at radius 1 is 1.32 bits per heavy atom. The molecule has 2 N–H and O–H groups in total. The molecule has 0 radical (unpaired) electrons. The molecule has 1 aliphatic rings. The van der Waals surface area contributed by atoms with E-state index in [4.69, 9.17) is 0 Å². The van der Waals surface area contributed by atoms with Gasteiger partial charge in [0.05, 0.1) is 0 Å². The second kappa shape index (κ2) is 9.02. The molecule has 0 aromatic carbocycles. The number of rotatable bonds is 8. The Balaban J connectivity index is 2.77. The molecule has 1 fully saturated rings. The van der Waals surface area contributed by atoms with Crippen molar-refractivity contribution < 1.29 is 14.7 Å². The van der Waals surface area contributed by atoms with Crippen molar-refractivity contribution in [2.24, 2.45) is 5.41 Å². The van der Waals surface area contributed by atoms with Gasteiger partial charge in [0, 0.05) is 6.04 Å². The van der Waals surface area contributed by atoms with Gasteiger partial charge in [-0.2, -0.15) is 0 Å². The van der Waals surface area contributed by atoms with Crippen LogP contribution < -0.4 is 5.32 Å². The van der Waals surface area contributed by atoms with E-state index in [1.165, 1.54) is 6.92 Å². The zero-order chi connectivity index (χ0) is 19.0. The van der Waals surface area contributed by atoms with Crippen molar-refractivity contribution in [3.63, 3.8) is 0 Å². The van der Waals surface area contributed by atoms with Crippen molar-refractivity contribution in [3.8, 4) is 0 Å². The number of nitrogens with one attached hydrogen (secondary N) is 1. The van der Waals surface area contributed by atoms with Gasteiger partial charge in [-0.3, -0.25) is 9.59 Å². The minimum Gasteiger partial charge on any atom is -0.480 e. The summed E-state index contributed by atoms with van der Waals surface area (Å²) >= 11 is 0. The zero-order valence-electron chi connectivity index (χ0n) is 15.2. The first-order valence-corrected chi connectivity index (χ1v) is 8.30. The maximum Gasteiger partial charge on any atom is 0.318 e. The number of carbonyl (C=O) groups excluding carboxylic acids is 1. The quantitative estimate of drug-likeness (QED) is 0.516. The average Bonchev–Trinajstić information content (AvgIpc) is 2.87. The van der Waals surface area contributed by atoms with Crippen LogP contribution in [0.25, 0.3) is 0 Å². The lowest BCUT2D eigenvalue weighted by Gasteiger charge is -2.14. The number of hydrogen-bond acceptors (Lipinski definition) is 2. The number of carboxylic acids is 1. The standard InChI is InChI=1S/C21H27NO3/c1-6-9-10-17(8-3)15(4)11-12-16(7-2)13-18-14-21(5,20(24)25)19(23)22-18/h6-12,18H,1,4,13-14H2,2-3,5H3,(H,22,23)(H,24,25)/b10-9-,12-11-,16-7+,17-8+/t18-,21-/m1/s1. The molecule has 1 aliphatic heterocycles. The van der Waals surface area contributed by atoms with E-state index in [1.54, 1.807) is 6.08 Å². The van der Waals surface area contributed by atoms with Gasteiger partial charge in [-0.25, -0.2) is 0 Å². The van der Waals surface area contributed by atoms with E-state index < -0.39 is 17.3 Å². The van der Waals surface area contributed by atoms with Crippen LogP contribution in [0.1, 0.15) is 33.6 Å². The lowest BCUT2D eigenvalue weighted by molar-refractivity contribution is -0.152. The Morgan fingerprint density at radius 2 is 2.00 bits per heavy atom. The normalized spacial score (nSPS) is 24.8. The van der Waals surface area contributed by atoms with Crippen molar-refractivity contribution in [1.29, 1.82) is 0 Å². The lowest BCUT2D eigenvalue weighted by Crippen LogP contribution is -2.36. The van der Waals surface area contributed by atoms with Gasteiger partial charge in [0.2, 0.25) is 5.91 Å². The number of carboxylic acid groups (broad SMARTS) is 1. The maximum atomic E-state index is 11.9. The highest BCUT2D eigenvalue weighted by atomic mass is 16.4. The van der Waals surface area contributed by atoms with Crippen molar-refractivity contribution in [2.45, 2.75) is 39.7 Å². The van der Waals surface area contributed by atoms with Crippen molar-refractivity contribution in [2.75, 3.05) is 0 Å². The second-order valence-electron chi connectivity index (χ2n) is 6.28. The van der Waals surface area contributed by atoms with E-state index in [9.17, 15) is 14.7 Å². The summed E-state index contributed by atoms with van der Waals surface area (Å²) in [5.41, 5.74) is 1.54. The Bertz CT molecular complexity index is 679. The highest BCUT2D eigenvalue weighted by molar-refractivity contribution is 6.03. The number of aliphatic carboxylic acids is 1. The minimum atomic E-state index is -1.34. The van der Waals surface area contributed by atoms with Crippen LogP contribution in [-0.2, 0) is 9.59 Å². The summed E-state index contributed by atoms with van der Waals surface area (Å²) in [7, 11) is 0. The van der Waals surface area contributed by atoms with Gasteiger partial charge in [0.25, 0.3) is 0 Å². The maximum absolute atomic E-state index is 11.9. The van der Waals surface area contributed by atoms with E-state index in [-0.39, 0.29) is 12.5 Å². The van der Waals surface area contributed by atoms with Crippen LogP contribution in [0.15, 0.2) is 72.4 Å². The Morgan fingerprint density at radius 3 is 2.48 bits per heavy atom. The van der Waals surface area contributed by atoms with Gasteiger partial charge in [0.1, 0.15) is 5.41 Å². The highest BCUT2D eigenvalue weighted by Gasteiger charge is 2.48. The third-order valence-electron chi connectivity index (χ3n) is 4.41. The molecular formula is C21H27NO3. The Hall–Kier alpha value is -2.62. The molecule has 1 heterocycles. The summed E-state index contributed by atoms with van der Waals surface area (Å²) in [4.78, 5) is 23.3. The van der Waals surface area contributed by atoms with Gasteiger partial charge < -0.3 is 10.4 Å². The summed E-state index contributed by atoms with van der Waals surface area (Å²) in [5.74, 6) is -1.50. The topological polar surface area (TPSA) is 66.4 Å². The molecular weight excluding hydrogens is 314 g/mol. The molecule has 0 aliphatic carbocycles. The summed E-state index contributed by atoms with van der Waals surface area (Å²) in [6.07, 6.45) is 14.2. The molecule has 1 saturated heterocycles. The first kappa shape index (κ1) is 20.4. The highest BCUT2D eigenvalue weighted by Crippen LogP contribution is 2.32. The van der Waals surface area contributed by atoms with Gasteiger partial charge in [-0.15, -0.1) is 0 Å². The third kappa shape index (κ3) is 5.18. The molecule has 0 spiro atoms. The van der Waals surface area contributed by atoms with E-state index in [0.717, 1.165) is 16.7 Å². The van der Waals surface area contributed by atoms with Gasteiger partial charge in [-0.1, -0.05) is 61.3 Å². The summed E-state index contributed by atoms with van der Waals surface area (Å²) < 4.78 is 0. The van der Waals surface area contributed by atoms with Crippen molar-refractivity contribution in [1.82, 2.24) is 5.32 Å². The molecule has 0 aromatic heterocycles. The fourth-order valence-corrected chi connectivity index (χ4v) is 2.72. The largest absolute Gasteiger partial charge is 0.480 e. The molecule has 1 rings (SSSR count). The van der Waals surface area contributed by atoms with Crippen LogP contribution in [0.2, 0.25) is 0 Å². The van der Waals surface area contributed by atoms with Gasteiger partial charge in [-0.05, 0) is 44.8 Å². The SMILES string of the molecule is C=C/C=C\C(=C/C)C(=C)/C=C\C(=C/C)C[C@@H]1C[C@@](C)(C(=O)O)C(=O)N1. The predicted octanol–water partition coefficient (Wildman–Crippen LogP) is 4.10. The summed E-state index contributed by atoms with van der Waals surface area (Å²) in [5, 5.41) is 12.1. The first-order valence-electron chi connectivity index (χ1n) is 8.30. The molecule has 0 aromatic rings. The van der Waals surface area contributed by atoms with Crippen LogP contribution in [0, 0.1) is 5.41 Å². The molecule has 134 valence electrons. The smallest absolute Gasteiger partial charge is 0.318 e. The van der Waals surface area contributed by atoms with Crippen LogP contribution in [0.4, 0.5) is 0 Å². The summed E-state index contributed by atoms with van der Waals surface area (Å²) in [6.45, 7) is 13.1. The molecule has 0 unspecified atom stereocenters. The number of allylic oxidation sites excluding steroid dienone is 9. The number of amides is 1. The third-order valence-corrected chi connectivity index (χ3v) is 4.41. The van der Waals surface area contributed by atoms with Crippen molar-refractivity contribution >= 4 is 11.9 Å². The van der Waals surface area contributed by atoms with E-state index in [0.29, 0.717) is 6.42 Å².